The van der Waals surface area contributed by atoms with Crippen LogP contribution in [-0.4, -0.2) is 12.5 Å². The Kier molecular flexibility index (Phi) is 2.66. The van der Waals surface area contributed by atoms with Crippen molar-refractivity contribution in [2.24, 2.45) is 5.92 Å². The average Bonchev–Trinajstić information content (AvgIpc) is 2.48. The van der Waals surface area contributed by atoms with Crippen molar-refractivity contribution in [1.82, 2.24) is 5.32 Å². The number of benzene rings is 1. The Morgan fingerprint density at radius 2 is 1.88 bits per heavy atom. The van der Waals surface area contributed by atoms with Crippen LogP contribution in [0.2, 0.25) is 0 Å². The van der Waals surface area contributed by atoms with E-state index in [0.717, 1.165) is 0 Å². The minimum atomic E-state index is -0.564. The molecule has 1 aliphatic heterocycles. The molecule has 86 valence electrons. The molecule has 2 nitrogen and oxygen atoms in total. The van der Waals surface area contributed by atoms with Crippen LogP contribution in [0.3, 0.4) is 0 Å². The van der Waals surface area contributed by atoms with Gasteiger partial charge in [-0.1, -0.05) is 6.92 Å². The number of hydrogen-bond acceptors (Lipinski definition) is 1. The Morgan fingerprint density at radius 3 is 2.31 bits per heavy atom. The minimum absolute atomic E-state index is 0.0245. The number of carbonyl (C=O) groups is 1. The highest BCUT2D eigenvalue weighted by Crippen LogP contribution is 2.32. The molecule has 1 amide bonds. The molecule has 4 heteroatoms. The highest BCUT2D eigenvalue weighted by Gasteiger charge is 2.35. The summed E-state index contributed by atoms with van der Waals surface area (Å²) in [6.45, 7) is 3.63. The van der Waals surface area contributed by atoms with Crippen LogP contribution in [0.25, 0.3) is 0 Å². The van der Waals surface area contributed by atoms with E-state index in [-0.39, 0.29) is 17.4 Å². The van der Waals surface area contributed by atoms with Crippen LogP contribution in [-0.2, 0) is 4.79 Å². The van der Waals surface area contributed by atoms with Crippen molar-refractivity contribution in [2.45, 2.75) is 19.8 Å². The van der Waals surface area contributed by atoms with E-state index in [1.165, 1.54) is 12.1 Å². The van der Waals surface area contributed by atoms with E-state index in [0.29, 0.717) is 12.1 Å². The summed E-state index contributed by atoms with van der Waals surface area (Å²) in [6.07, 6.45) is 0. The maximum atomic E-state index is 13.7. The van der Waals surface area contributed by atoms with Gasteiger partial charge in [0.1, 0.15) is 11.6 Å². The van der Waals surface area contributed by atoms with Gasteiger partial charge in [-0.15, -0.1) is 0 Å². The van der Waals surface area contributed by atoms with Gasteiger partial charge < -0.3 is 5.32 Å². The second-order valence-electron chi connectivity index (χ2n) is 4.28. The summed E-state index contributed by atoms with van der Waals surface area (Å²) in [4.78, 5) is 11.3. The summed E-state index contributed by atoms with van der Waals surface area (Å²) in [6, 6.07) is 2.60. The zero-order valence-corrected chi connectivity index (χ0v) is 9.18. The van der Waals surface area contributed by atoms with Crippen LogP contribution >= 0.6 is 0 Å². The van der Waals surface area contributed by atoms with Crippen molar-refractivity contribution in [1.29, 1.82) is 0 Å². The first-order chi connectivity index (χ1) is 7.50. The lowest BCUT2D eigenvalue weighted by atomic mass is 9.88. The molecule has 2 atom stereocenters. The van der Waals surface area contributed by atoms with Gasteiger partial charge in [0.2, 0.25) is 5.91 Å². The van der Waals surface area contributed by atoms with Gasteiger partial charge in [-0.05, 0) is 24.6 Å². The van der Waals surface area contributed by atoms with E-state index in [1.54, 1.807) is 13.8 Å². The molecule has 0 aliphatic carbocycles. The third kappa shape index (κ3) is 1.68. The second kappa shape index (κ2) is 3.85. The fourth-order valence-electron chi connectivity index (χ4n) is 2.15. The monoisotopic (exact) mass is 225 g/mol. The van der Waals surface area contributed by atoms with E-state index >= 15 is 0 Å². The smallest absolute Gasteiger partial charge is 0.223 e. The van der Waals surface area contributed by atoms with E-state index in [9.17, 15) is 13.6 Å². The number of amides is 1. The molecule has 0 bridgehead atoms. The number of aryl methyl sites for hydroxylation is 1. The predicted octanol–water partition coefficient (Wildman–Crippen LogP) is 2.12. The molecule has 1 aliphatic rings. The highest BCUT2D eigenvalue weighted by molar-refractivity contribution is 5.82. The van der Waals surface area contributed by atoms with Crippen LogP contribution in [0.5, 0.6) is 0 Å². The maximum Gasteiger partial charge on any atom is 0.223 e. The van der Waals surface area contributed by atoms with Crippen molar-refractivity contribution in [3.05, 3.63) is 34.9 Å². The first-order valence-electron chi connectivity index (χ1n) is 5.24. The predicted molar refractivity (Wildman–Crippen MR) is 56.0 cm³/mol. The first kappa shape index (κ1) is 11.0. The van der Waals surface area contributed by atoms with E-state index in [4.69, 9.17) is 0 Å². The Labute approximate surface area is 92.7 Å². The Hall–Kier alpha value is -1.45. The highest BCUT2D eigenvalue weighted by atomic mass is 19.1. The van der Waals surface area contributed by atoms with Gasteiger partial charge in [-0.25, -0.2) is 8.78 Å². The van der Waals surface area contributed by atoms with E-state index in [2.05, 4.69) is 5.32 Å². The number of carbonyl (C=O) groups excluding carboxylic acids is 1. The number of rotatable bonds is 1. The van der Waals surface area contributed by atoms with Crippen molar-refractivity contribution in [2.75, 3.05) is 6.54 Å². The minimum Gasteiger partial charge on any atom is -0.355 e. The van der Waals surface area contributed by atoms with Gasteiger partial charge in [0.15, 0.2) is 0 Å². The number of halogens is 2. The molecule has 1 aromatic rings. The lowest BCUT2D eigenvalue weighted by molar-refractivity contribution is -0.122. The molecule has 0 unspecified atom stereocenters. The lowest BCUT2D eigenvalue weighted by Crippen LogP contribution is -2.17. The molecular formula is C12H13F2NO. The standard InChI is InChI=1S/C12H13F2NO/c1-6-3-9(13)11(10(14)4-6)8-5-15-12(16)7(8)2/h3-4,7-8H,5H2,1-2H3,(H,15,16)/t7-,8-/m0/s1. The molecule has 0 aromatic heterocycles. The summed E-state index contributed by atoms with van der Waals surface area (Å²) in [5.41, 5.74) is 0.570. The van der Waals surface area contributed by atoms with Crippen molar-refractivity contribution in [3.8, 4) is 0 Å². The molecule has 1 aromatic carbocycles. The average molecular weight is 225 g/mol. The van der Waals surface area contributed by atoms with Gasteiger partial charge >= 0.3 is 0 Å². The number of hydrogen-bond donors (Lipinski definition) is 1. The van der Waals surface area contributed by atoms with Gasteiger partial charge in [0.05, 0.1) is 0 Å². The lowest BCUT2D eigenvalue weighted by Gasteiger charge is -2.15. The molecule has 0 saturated carbocycles. The molecule has 1 N–H and O–H groups in total. The summed E-state index contributed by atoms with van der Waals surface area (Å²) in [5, 5.41) is 2.61. The fourth-order valence-corrected chi connectivity index (χ4v) is 2.15. The third-order valence-electron chi connectivity index (χ3n) is 3.11. The van der Waals surface area contributed by atoms with Crippen molar-refractivity contribution >= 4 is 5.91 Å². The molecular weight excluding hydrogens is 212 g/mol. The van der Waals surface area contributed by atoms with Crippen LogP contribution in [0.4, 0.5) is 8.78 Å². The quantitative estimate of drug-likeness (QED) is 0.779. The molecule has 0 radical (unpaired) electrons. The van der Waals surface area contributed by atoms with Crippen LogP contribution in [0, 0.1) is 24.5 Å². The summed E-state index contributed by atoms with van der Waals surface area (Å²) in [7, 11) is 0. The first-order valence-corrected chi connectivity index (χ1v) is 5.24. The molecule has 1 heterocycles. The van der Waals surface area contributed by atoms with Gasteiger partial charge in [-0.3, -0.25) is 4.79 Å². The summed E-state index contributed by atoms with van der Waals surface area (Å²) in [5.74, 6) is -2.07. The van der Waals surface area contributed by atoms with Crippen molar-refractivity contribution < 1.29 is 13.6 Å². The SMILES string of the molecule is Cc1cc(F)c([C@H]2CNC(=O)[C@H]2C)c(F)c1. The second-order valence-corrected chi connectivity index (χ2v) is 4.28. The molecule has 1 saturated heterocycles. The Balaban J connectivity index is 2.45. The van der Waals surface area contributed by atoms with Crippen molar-refractivity contribution in [3.63, 3.8) is 0 Å². The van der Waals surface area contributed by atoms with Gasteiger partial charge in [0.25, 0.3) is 0 Å². The third-order valence-corrected chi connectivity index (χ3v) is 3.11. The fraction of sp³-hybridized carbons (Fsp3) is 0.417. The van der Waals surface area contributed by atoms with Gasteiger partial charge in [-0.2, -0.15) is 0 Å². The van der Waals surface area contributed by atoms with E-state index < -0.39 is 17.6 Å². The summed E-state index contributed by atoms with van der Waals surface area (Å²) < 4.78 is 27.4. The van der Waals surface area contributed by atoms with Gasteiger partial charge in [0, 0.05) is 23.9 Å². The molecule has 2 rings (SSSR count). The van der Waals surface area contributed by atoms with E-state index in [1.807, 2.05) is 0 Å². The zero-order valence-electron chi connectivity index (χ0n) is 9.18. The number of nitrogens with one attached hydrogen (secondary N) is 1. The molecule has 1 fully saturated rings. The topological polar surface area (TPSA) is 29.1 Å². The Bertz CT molecular complexity index is 422. The normalized spacial score (nSPS) is 24.6. The van der Waals surface area contributed by atoms with Crippen LogP contribution in [0.15, 0.2) is 12.1 Å². The molecule has 0 spiro atoms. The molecule has 16 heavy (non-hydrogen) atoms. The largest absolute Gasteiger partial charge is 0.355 e. The van der Waals surface area contributed by atoms with Crippen LogP contribution < -0.4 is 5.32 Å². The zero-order chi connectivity index (χ0) is 11.9. The maximum absolute atomic E-state index is 13.7. The summed E-state index contributed by atoms with van der Waals surface area (Å²) >= 11 is 0. The Morgan fingerprint density at radius 1 is 1.31 bits per heavy atom. The van der Waals surface area contributed by atoms with Crippen LogP contribution in [0.1, 0.15) is 24.0 Å².